The molecule has 3 heterocycles. The van der Waals surface area contributed by atoms with Gasteiger partial charge in [0.2, 0.25) is 0 Å². The fourth-order valence-corrected chi connectivity index (χ4v) is 5.72. The highest BCUT2D eigenvalue weighted by atomic mass is 79.9. The number of ketones is 2. The van der Waals surface area contributed by atoms with Gasteiger partial charge in [0.05, 0.1) is 33.6 Å². The molecule has 0 aromatic heterocycles. The Morgan fingerprint density at radius 1 is 0.540 bits per heavy atom. The summed E-state index contributed by atoms with van der Waals surface area (Å²) in [6.45, 7) is 31.7. The van der Waals surface area contributed by atoms with Gasteiger partial charge in [-0.05, 0) is 139 Å². The van der Waals surface area contributed by atoms with E-state index in [4.69, 9.17) is 27.9 Å². The Kier molecular flexibility index (Phi) is 13.0. The molecular weight excluding hydrogens is 697 g/mol. The molecular formula is C38H58B3BrO8. The highest BCUT2D eigenvalue weighted by molar-refractivity contribution is 9.10. The van der Waals surface area contributed by atoms with Crippen LogP contribution < -0.4 is 5.46 Å². The van der Waals surface area contributed by atoms with Gasteiger partial charge in [-0.2, -0.15) is 0 Å². The summed E-state index contributed by atoms with van der Waals surface area (Å²) in [5.74, 6) is 0.379. The second-order valence-corrected chi connectivity index (χ2v) is 17.7. The number of rotatable bonds is 6. The van der Waals surface area contributed by atoms with Gasteiger partial charge in [-0.25, -0.2) is 0 Å². The minimum atomic E-state index is -0.476. The van der Waals surface area contributed by atoms with E-state index >= 15 is 0 Å². The molecule has 3 aliphatic heterocycles. The van der Waals surface area contributed by atoms with E-state index in [1.807, 2.05) is 133 Å². The van der Waals surface area contributed by atoms with Gasteiger partial charge in [-0.15, -0.1) is 0 Å². The molecule has 12 heteroatoms. The molecule has 50 heavy (non-hydrogen) atoms. The van der Waals surface area contributed by atoms with Crippen LogP contribution in [-0.2, 0) is 50.4 Å². The van der Waals surface area contributed by atoms with Crippen LogP contribution in [0, 0.1) is 13.8 Å². The van der Waals surface area contributed by atoms with Gasteiger partial charge in [0, 0.05) is 17.3 Å². The molecule has 3 aliphatic rings. The Labute approximate surface area is 311 Å². The lowest BCUT2D eigenvalue weighted by molar-refractivity contribution is -0.117. The molecule has 0 atom stereocenters. The van der Waals surface area contributed by atoms with Gasteiger partial charge in [0.1, 0.15) is 11.6 Å². The van der Waals surface area contributed by atoms with Crippen molar-refractivity contribution < 1.29 is 37.5 Å². The molecule has 0 aliphatic carbocycles. The fourth-order valence-electron chi connectivity index (χ4n) is 5.47. The van der Waals surface area contributed by atoms with Crippen LogP contribution in [0.2, 0.25) is 0 Å². The van der Waals surface area contributed by atoms with Crippen molar-refractivity contribution in [1.29, 1.82) is 0 Å². The zero-order valence-electron chi connectivity index (χ0n) is 33.3. The molecule has 8 nitrogen and oxygen atoms in total. The summed E-state index contributed by atoms with van der Waals surface area (Å²) in [6, 6.07) is 12.0. The molecule has 2 aromatic rings. The van der Waals surface area contributed by atoms with Crippen LogP contribution in [0.15, 0.2) is 40.9 Å². The van der Waals surface area contributed by atoms with Crippen LogP contribution in [0.4, 0.5) is 0 Å². The predicted molar refractivity (Wildman–Crippen MR) is 207 cm³/mol. The Balaban J connectivity index is 0.000000209. The first-order valence-electron chi connectivity index (χ1n) is 17.5. The molecule has 2 aromatic carbocycles. The maximum atomic E-state index is 11.2. The van der Waals surface area contributed by atoms with Crippen LogP contribution in [0.5, 0.6) is 0 Å². The third-order valence-corrected chi connectivity index (χ3v) is 11.6. The summed E-state index contributed by atoms with van der Waals surface area (Å²) >= 11 is 3.41. The molecule has 3 saturated heterocycles. The maximum absolute atomic E-state index is 11.2. The molecule has 0 radical (unpaired) electrons. The molecule has 0 unspecified atom stereocenters. The first-order valence-corrected chi connectivity index (χ1v) is 18.3. The van der Waals surface area contributed by atoms with Crippen molar-refractivity contribution in [2.45, 2.75) is 157 Å². The fraction of sp³-hybridized carbons (Fsp3) is 0.632. The van der Waals surface area contributed by atoms with E-state index in [2.05, 4.69) is 15.9 Å². The van der Waals surface area contributed by atoms with E-state index in [9.17, 15) is 9.59 Å². The van der Waals surface area contributed by atoms with Gasteiger partial charge >= 0.3 is 21.1 Å². The topological polar surface area (TPSA) is 89.5 Å². The minimum Gasteiger partial charge on any atom is -0.405 e. The number of carbonyl (C=O) groups is 2. The van der Waals surface area contributed by atoms with E-state index in [0.717, 1.165) is 26.6 Å². The minimum absolute atomic E-state index is 0.174. The molecule has 0 spiro atoms. The summed E-state index contributed by atoms with van der Waals surface area (Å²) in [4.78, 5) is 22.0. The zero-order valence-corrected chi connectivity index (χ0v) is 34.8. The van der Waals surface area contributed by atoms with E-state index in [0.29, 0.717) is 12.8 Å². The predicted octanol–water partition coefficient (Wildman–Crippen LogP) is 7.56. The molecule has 0 N–H and O–H groups in total. The molecule has 274 valence electrons. The van der Waals surface area contributed by atoms with Crippen LogP contribution in [0.3, 0.4) is 0 Å². The molecule has 0 amide bonds. The standard InChI is InChI=1S/C16H23BO3.C12H24B2O4.C10H11BrO/c1-11-9-13(10-12(2)18)7-8-14(11)17-19-15(3,4)16(5,6)20-17;1-9(2)10(3,4)16-13(15-9)14-17-11(5,6)12(7,8)18-14;1-7-5-9(6-8(2)12)3-4-10(7)11/h7-9H,10H2,1-6H3;1-8H3;3-5H,6H2,1-2H3. The summed E-state index contributed by atoms with van der Waals surface area (Å²) < 4.78 is 37.1. The summed E-state index contributed by atoms with van der Waals surface area (Å²) in [5.41, 5.74) is 3.33. The Hall–Kier alpha value is -1.79. The largest absolute Gasteiger partial charge is 0.495 e. The van der Waals surface area contributed by atoms with Crippen molar-refractivity contribution in [3.05, 3.63) is 63.1 Å². The van der Waals surface area contributed by atoms with Crippen molar-refractivity contribution in [2.24, 2.45) is 0 Å². The normalized spacial score (nSPS) is 22.0. The third-order valence-electron chi connectivity index (χ3n) is 10.7. The van der Waals surface area contributed by atoms with Crippen LogP contribution in [-0.4, -0.2) is 66.3 Å². The van der Waals surface area contributed by atoms with Crippen molar-refractivity contribution in [2.75, 3.05) is 0 Å². The second-order valence-electron chi connectivity index (χ2n) is 16.9. The molecule has 5 rings (SSSR count). The van der Waals surface area contributed by atoms with Crippen LogP contribution in [0.25, 0.3) is 0 Å². The van der Waals surface area contributed by atoms with E-state index in [1.165, 1.54) is 5.56 Å². The first kappa shape index (κ1) is 42.6. The average molecular weight is 755 g/mol. The Morgan fingerprint density at radius 3 is 1.18 bits per heavy atom. The number of aryl methyl sites for hydroxylation is 2. The average Bonchev–Trinajstić information content (AvgIpc) is 3.39. The monoisotopic (exact) mass is 754 g/mol. The first-order chi connectivity index (χ1) is 22.6. The van der Waals surface area contributed by atoms with Crippen molar-refractivity contribution in [3.8, 4) is 0 Å². The zero-order chi connectivity index (χ0) is 38.3. The third kappa shape index (κ3) is 10.00. The maximum Gasteiger partial charge on any atom is 0.495 e. The van der Waals surface area contributed by atoms with Gasteiger partial charge in [-0.1, -0.05) is 51.8 Å². The quantitative estimate of drug-likeness (QED) is 0.280. The van der Waals surface area contributed by atoms with E-state index in [-0.39, 0.29) is 52.3 Å². The second kappa shape index (κ2) is 15.3. The van der Waals surface area contributed by atoms with Crippen LogP contribution in [0.1, 0.15) is 119 Å². The van der Waals surface area contributed by atoms with Gasteiger partial charge in [-0.3, -0.25) is 9.59 Å². The van der Waals surface area contributed by atoms with Crippen molar-refractivity contribution in [3.63, 3.8) is 0 Å². The van der Waals surface area contributed by atoms with E-state index < -0.39 is 14.0 Å². The summed E-state index contributed by atoms with van der Waals surface area (Å²) in [6.07, 6.45) is 1.01. The molecule has 3 fully saturated rings. The summed E-state index contributed by atoms with van der Waals surface area (Å²) in [7, 11) is -1.29. The van der Waals surface area contributed by atoms with E-state index in [1.54, 1.807) is 13.8 Å². The molecule has 0 saturated carbocycles. The highest BCUT2D eigenvalue weighted by Crippen LogP contribution is 2.43. The van der Waals surface area contributed by atoms with Gasteiger partial charge < -0.3 is 27.9 Å². The lowest BCUT2D eigenvalue weighted by Crippen LogP contribution is -2.41. The number of halogens is 1. The number of hydrogen-bond acceptors (Lipinski definition) is 8. The SMILES string of the molecule is CC(=O)Cc1ccc(B2OC(C)(C)C(C)(C)O2)c(C)c1.CC(=O)Cc1ccc(Br)c(C)c1.CC1(C)OB(B2OC(C)(C)C(C)(C)O2)OC1(C)C. The van der Waals surface area contributed by atoms with Gasteiger partial charge in [0.25, 0.3) is 0 Å². The lowest BCUT2D eigenvalue weighted by atomic mass is 9.49. The smallest absolute Gasteiger partial charge is 0.405 e. The Morgan fingerprint density at radius 2 is 0.860 bits per heavy atom. The summed E-state index contributed by atoms with van der Waals surface area (Å²) in [5, 5.41) is 0. The van der Waals surface area contributed by atoms with Crippen LogP contribution >= 0.6 is 15.9 Å². The van der Waals surface area contributed by atoms with Crippen molar-refractivity contribution >= 4 is 54.1 Å². The highest BCUT2D eigenvalue weighted by Gasteiger charge is 2.63. The number of carbonyl (C=O) groups excluding carboxylic acids is 2. The lowest BCUT2D eigenvalue weighted by Gasteiger charge is -2.32. The molecule has 0 bridgehead atoms. The Bertz CT molecular complexity index is 1470. The number of hydrogen-bond donors (Lipinski definition) is 0. The number of Topliss-reactive ketones (excluding diaryl/α,β-unsaturated/α-hetero) is 2. The van der Waals surface area contributed by atoms with Gasteiger partial charge in [0.15, 0.2) is 0 Å². The van der Waals surface area contributed by atoms with Crippen molar-refractivity contribution in [1.82, 2.24) is 0 Å². The number of benzene rings is 2.